The Kier molecular flexibility index (Phi) is 5.87. The zero-order valence-corrected chi connectivity index (χ0v) is 15.2. The summed E-state index contributed by atoms with van der Waals surface area (Å²) in [7, 11) is 2.12. The lowest BCUT2D eigenvalue weighted by atomic mass is 9.95. The highest BCUT2D eigenvalue weighted by atomic mass is 16.1. The quantitative estimate of drug-likeness (QED) is 0.902. The van der Waals surface area contributed by atoms with Crippen LogP contribution in [0, 0.1) is 5.92 Å². The lowest BCUT2D eigenvalue weighted by Crippen LogP contribution is -2.42. The van der Waals surface area contributed by atoms with E-state index in [2.05, 4.69) is 72.7 Å². The number of benzene rings is 2. The van der Waals surface area contributed by atoms with Crippen LogP contribution in [-0.4, -0.2) is 37.0 Å². The van der Waals surface area contributed by atoms with Gasteiger partial charge >= 0.3 is 0 Å². The maximum absolute atomic E-state index is 12.4. The Labute approximate surface area is 151 Å². The summed E-state index contributed by atoms with van der Waals surface area (Å²) in [4.78, 5) is 14.7. The standard InChI is InChI=1S/C22H28N2O/c1-17(23-22(25)21-12-14-24(2)15-13-21)16-18-8-10-20(11-9-18)19-6-4-3-5-7-19/h3-11,17,21H,12-16H2,1-2H3,(H,23,25). The van der Waals surface area contributed by atoms with Gasteiger partial charge in [-0.25, -0.2) is 0 Å². The van der Waals surface area contributed by atoms with Gasteiger partial charge in [0, 0.05) is 12.0 Å². The molecule has 3 heteroatoms. The van der Waals surface area contributed by atoms with Crippen LogP contribution >= 0.6 is 0 Å². The second-order valence-electron chi connectivity index (χ2n) is 7.25. The molecule has 1 heterocycles. The molecule has 1 N–H and O–H groups in total. The molecule has 3 rings (SSSR count). The zero-order chi connectivity index (χ0) is 17.6. The van der Waals surface area contributed by atoms with Gasteiger partial charge in [0.15, 0.2) is 0 Å². The molecule has 0 radical (unpaired) electrons. The van der Waals surface area contributed by atoms with Crippen molar-refractivity contribution in [2.75, 3.05) is 20.1 Å². The highest BCUT2D eigenvalue weighted by molar-refractivity contribution is 5.79. The van der Waals surface area contributed by atoms with E-state index in [-0.39, 0.29) is 17.9 Å². The minimum Gasteiger partial charge on any atom is -0.353 e. The van der Waals surface area contributed by atoms with Crippen molar-refractivity contribution in [2.45, 2.75) is 32.2 Å². The topological polar surface area (TPSA) is 32.3 Å². The monoisotopic (exact) mass is 336 g/mol. The Bertz CT molecular complexity index is 673. The molecule has 0 bridgehead atoms. The van der Waals surface area contributed by atoms with E-state index in [0.717, 1.165) is 32.4 Å². The fourth-order valence-corrected chi connectivity index (χ4v) is 3.50. The van der Waals surface area contributed by atoms with Gasteiger partial charge in [-0.1, -0.05) is 54.6 Å². The van der Waals surface area contributed by atoms with Gasteiger partial charge in [0.2, 0.25) is 5.91 Å². The van der Waals surface area contributed by atoms with Gasteiger partial charge in [0.05, 0.1) is 0 Å². The molecule has 1 aliphatic rings. The van der Waals surface area contributed by atoms with Crippen molar-refractivity contribution in [1.82, 2.24) is 10.2 Å². The van der Waals surface area contributed by atoms with Crippen molar-refractivity contribution in [3.63, 3.8) is 0 Å². The molecule has 0 spiro atoms. The second-order valence-corrected chi connectivity index (χ2v) is 7.25. The fourth-order valence-electron chi connectivity index (χ4n) is 3.50. The number of piperidine rings is 1. The van der Waals surface area contributed by atoms with E-state index >= 15 is 0 Å². The summed E-state index contributed by atoms with van der Waals surface area (Å²) < 4.78 is 0. The van der Waals surface area contributed by atoms with Crippen LogP contribution in [0.25, 0.3) is 11.1 Å². The largest absolute Gasteiger partial charge is 0.353 e. The number of amides is 1. The third-order valence-electron chi connectivity index (χ3n) is 5.08. The van der Waals surface area contributed by atoms with E-state index in [1.807, 2.05) is 6.07 Å². The molecule has 1 unspecified atom stereocenters. The average Bonchev–Trinajstić information content (AvgIpc) is 2.63. The van der Waals surface area contributed by atoms with Crippen molar-refractivity contribution in [1.29, 1.82) is 0 Å². The smallest absolute Gasteiger partial charge is 0.223 e. The van der Waals surface area contributed by atoms with Gasteiger partial charge in [-0.05, 0) is 63.0 Å². The molecule has 25 heavy (non-hydrogen) atoms. The van der Waals surface area contributed by atoms with E-state index in [4.69, 9.17) is 0 Å². The van der Waals surface area contributed by atoms with Gasteiger partial charge in [-0.15, -0.1) is 0 Å². The first-order valence-electron chi connectivity index (χ1n) is 9.25. The summed E-state index contributed by atoms with van der Waals surface area (Å²) in [5.41, 5.74) is 3.72. The summed E-state index contributed by atoms with van der Waals surface area (Å²) in [5, 5.41) is 3.20. The predicted molar refractivity (Wildman–Crippen MR) is 103 cm³/mol. The molecule has 1 saturated heterocycles. The molecular weight excluding hydrogens is 308 g/mol. The first kappa shape index (κ1) is 17.7. The summed E-state index contributed by atoms with van der Waals surface area (Å²) >= 11 is 0. The van der Waals surface area contributed by atoms with Gasteiger partial charge in [0.25, 0.3) is 0 Å². The molecular formula is C22H28N2O. The number of rotatable bonds is 5. The van der Waals surface area contributed by atoms with Gasteiger partial charge in [-0.3, -0.25) is 4.79 Å². The number of nitrogens with zero attached hydrogens (tertiary/aromatic N) is 1. The van der Waals surface area contributed by atoms with Crippen LogP contribution in [0.4, 0.5) is 0 Å². The number of nitrogens with one attached hydrogen (secondary N) is 1. The van der Waals surface area contributed by atoms with Crippen LogP contribution in [0.2, 0.25) is 0 Å². The first-order valence-corrected chi connectivity index (χ1v) is 9.25. The molecule has 1 atom stereocenters. The highest BCUT2D eigenvalue weighted by Gasteiger charge is 2.24. The van der Waals surface area contributed by atoms with Crippen molar-refractivity contribution in [3.05, 3.63) is 60.2 Å². The van der Waals surface area contributed by atoms with Gasteiger partial charge in [0.1, 0.15) is 0 Å². The van der Waals surface area contributed by atoms with Gasteiger partial charge < -0.3 is 10.2 Å². The number of hydrogen-bond acceptors (Lipinski definition) is 2. The number of carbonyl (C=O) groups excluding carboxylic acids is 1. The maximum Gasteiger partial charge on any atom is 0.223 e. The molecule has 3 nitrogen and oxygen atoms in total. The van der Waals surface area contributed by atoms with Crippen LogP contribution in [0.15, 0.2) is 54.6 Å². The van der Waals surface area contributed by atoms with E-state index in [1.54, 1.807) is 0 Å². The van der Waals surface area contributed by atoms with E-state index < -0.39 is 0 Å². The SMILES string of the molecule is CC(Cc1ccc(-c2ccccc2)cc1)NC(=O)C1CCN(C)CC1. The van der Waals surface area contributed by atoms with Crippen LogP contribution in [0.3, 0.4) is 0 Å². The third kappa shape index (κ3) is 4.93. The number of hydrogen-bond donors (Lipinski definition) is 1. The van der Waals surface area contributed by atoms with Crippen molar-refractivity contribution >= 4 is 5.91 Å². The Morgan fingerprint density at radius 3 is 2.28 bits per heavy atom. The summed E-state index contributed by atoms with van der Waals surface area (Å²) in [6.45, 7) is 4.14. The third-order valence-corrected chi connectivity index (χ3v) is 5.08. The van der Waals surface area contributed by atoms with Crippen LogP contribution in [-0.2, 0) is 11.2 Å². The van der Waals surface area contributed by atoms with Crippen molar-refractivity contribution in [2.24, 2.45) is 5.92 Å². The normalized spacial score (nSPS) is 17.2. The lowest BCUT2D eigenvalue weighted by Gasteiger charge is -2.29. The Morgan fingerprint density at radius 1 is 1.04 bits per heavy atom. The van der Waals surface area contributed by atoms with E-state index in [9.17, 15) is 4.79 Å². The molecule has 1 aliphatic heterocycles. The van der Waals surface area contributed by atoms with Crippen LogP contribution in [0.5, 0.6) is 0 Å². The molecule has 0 aliphatic carbocycles. The second kappa shape index (κ2) is 8.30. The fraction of sp³-hybridized carbons (Fsp3) is 0.409. The summed E-state index contributed by atoms with van der Waals surface area (Å²) in [6, 6.07) is 19.2. The van der Waals surface area contributed by atoms with E-state index in [0.29, 0.717) is 0 Å². The molecule has 0 saturated carbocycles. The lowest BCUT2D eigenvalue weighted by molar-refractivity contribution is -0.126. The Balaban J connectivity index is 1.52. The van der Waals surface area contributed by atoms with Crippen LogP contribution < -0.4 is 5.32 Å². The zero-order valence-electron chi connectivity index (χ0n) is 15.2. The average molecular weight is 336 g/mol. The van der Waals surface area contributed by atoms with Crippen molar-refractivity contribution < 1.29 is 4.79 Å². The Hall–Kier alpha value is -2.13. The highest BCUT2D eigenvalue weighted by Crippen LogP contribution is 2.20. The predicted octanol–water partition coefficient (Wildman–Crippen LogP) is 3.74. The molecule has 132 valence electrons. The number of likely N-dealkylation sites (tertiary alicyclic amines) is 1. The molecule has 1 amide bonds. The number of carbonyl (C=O) groups is 1. The molecule has 0 aromatic heterocycles. The Morgan fingerprint density at radius 2 is 1.64 bits per heavy atom. The minimum atomic E-state index is 0.162. The van der Waals surface area contributed by atoms with Crippen LogP contribution in [0.1, 0.15) is 25.3 Å². The molecule has 1 fully saturated rings. The van der Waals surface area contributed by atoms with Gasteiger partial charge in [-0.2, -0.15) is 0 Å². The molecule has 2 aromatic rings. The molecule has 2 aromatic carbocycles. The maximum atomic E-state index is 12.4. The minimum absolute atomic E-state index is 0.162. The first-order chi connectivity index (χ1) is 12.1. The van der Waals surface area contributed by atoms with Crippen molar-refractivity contribution in [3.8, 4) is 11.1 Å². The van der Waals surface area contributed by atoms with E-state index in [1.165, 1.54) is 16.7 Å². The summed E-state index contributed by atoms with van der Waals surface area (Å²) in [6.07, 6.45) is 2.81. The summed E-state index contributed by atoms with van der Waals surface area (Å²) in [5.74, 6) is 0.403.